The van der Waals surface area contributed by atoms with Crippen molar-refractivity contribution in [2.45, 2.75) is 51.6 Å². The molecule has 0 heterocycles. The van der Waals surface area contributed by atoms with Gasteiger partial charge in [-0.05, 0) is 25.9 Å². The molecule has 0 N–H and O–H groups in total. The van der Waals surface area contributed by atoms with Gasteiger partial charge in [-0.1, -0.05) is 34.1 Å². The molecule has 86 valence electrons. The maximum absolute atomic E-state index is 6.40. The van der Waals surface area contributed by atoms with E-state index in [0.29, 0.717) is 5.92 Å². The summed E-state index contributed by atoms with van der Waals surface area (Å²) in [4.78, 5) is 2.55. The summed E-state index contributed by atoms with van der Waals surface area (Å²) in [7, 11) is 1.14. The molecule has 3 atom stereocenters. The van der Waals surface area contributed by atoms with Crippen molar-refractivity contribution in [3.8, 4) is 0 Å². The molecule has 0 aromatic rings. The average Bonchev–Trinajstić information content (AvgIpc) is 2.17. The van der Waals surface area contributed by atoms with E-state index in [4.69, 9.17) is 11.6 Å². The van der Waals surface area contributed by atoms with Crippen LogP contribution in [0, 0.1) is 5.92 Å². The molecule has 0 fully saturated rings. The van der Waals surface area contributed by atoms with E-state index in [9.17, 15) is 0 Å². The quantitative estimate of drug-likeness (QED) is 0.503. The van der Waals surface area contributed by atoms with E-state index in [1.165, 1.54) is 6.42 Å². The third kappa shape index (κ3) is 2.74. The van der Waals surface area contributed by atoms with Crippen molar-refractivity contribution in [2.75, 3.05) is 13.1 Å². The van der Waals surface area contributed by atoms with Crippen LogP contribution < -0.4 is 0 Å². The Morgan fingerprint density at radius 1 is 1.21 bits per heavy atom. The molecule has 0 aromatic carbocycles. The van der Waals surface area contributed by atoms with Gasteiger partial charge in [0.1, 0.15) is 0 Å². The van der Waals surface area contributed by atoms with Crippen LogP contribution in [0.5, 0.6) is 0 Å². The van der Waals surface area contributed by atoms with Crippen molar-refractivity contribution in [3.63, 3.8) is 0 Å². The minimum Gasteiger partial charge on any atom is -0.300 e. The van der Waals surface area contributed by atoms with Gasteiger partial charge in [-0.3, -0.25) is 0 Å². The maximum Gasteiger partial charge on any atom is 0.0456 e. The van der Waals surface area contributed by atoms with Crippen molar-refractivity contribution in [3.05, 3.63) is 0 Å². The molecule has 0 spiro atoms. The molecule has 0 saturated carbocycles. The zero-order valence-corrected chi connectivity index (χ0v) is 13.4. The lowest BCUT2D eigenvalue weighted by atomic mass is 9.93. The average molecular weight is 236 g/mol. The Labute approximate surface area is 97.6 Å². The second-order valence-electron chi connectivity index (χ2n) is 4.32. The van der Waals surface area contributed by atoms with Gasteiger partial charge in [0.25, 0.3) is 0 Å². The van der Waals surface area contributed by atoms with Crippen LogP contribution in [0.4, 0.5) is 0 Å². The highest BCUT2D eigenvalue weighted by Crippen LogP contribution is 2.30. The second-order valence-corrected chi connectivity index (χ2v) is 6.58. The fourth-order valence-electron chi connectivity index (χ4n) is 2.27. The highest BCUT2D eigenvalue weighted by Gasteiger charge is 2.38. The summed E-state index contributed by atoms with van der Waals surface area (Å²) in [6, 6.07) is 0. The molecule has 0 aliphatic carbocycles. The van der Waals surface area contributed by atoms with E-state index in [1.807, 2.05) is 0 Å². The lowest BCUT2D eigenvalue weighted by Gasteiger charge is -2.47. The van der Waals surface area contributed by atoms with Gasteiger partial charge in [0, 0.05) is 20.8 Å². The van der Waals surface area contributed by atoms with Gasteiger partial charge in [0.05, 0.1) is 0 Å². The van der Waals surface area contributed by atoms with Crippen molar-refractivity contribution in [2.24, 2.45) is 5.92 Å². The Hall–Kier alpha value is 0.467. The standard InChI is InChI=1S/C11H26ClNSi/c1-6-9(4)11(14,10(5)12)13(7-2)8-3/h9-10H,6-8H2,1-5,14H3. The predicted octanol–water partition coefficient (Wildman–Crippen LogP) is 2.06. The summed E-state index contributed by atoms with van der Waals surface area (Å²) >= 11 is 6.40. The summed E-state index contributed by atoms with van der Waals surface area (Å²) in [6.45, 7) is 13.4. The van der Waals surface area contributed by atoms with E-state index < -0.39 is 0 Å². The van der Waals surface area contributed by atoms with Crippen LogP contribution in [0.2, 0.25) is 0 Å². The lowest BCUT2D eigenvalue weighted by molar-refractivity contribution is 0.119. The van der Waals surface area contributed by atoms with Crippen LogP contribution in [0.15, 0.2) is 0 Å². The van der Waals surface area contributed by atoms with Crippen LogP contribution in [0.1, 0.15) is 41.0 Å². The summed E-state index contributed by atoms with van der Waals surface area (Å²) in [5.41, 5.74) is 0. The minimum atomic E-state index is 0.254. The molecule has 0 aromatic heterocycles. The van der Waals surface area contributed by atoms with Crippen molar-refractivity contribution in [1.82, 2.24) is 4.90 Å². The normalized spacial score (nSPS) is 20.8. The Bertz CT molecular complexity index is 159. The van der Waals surface area contributed by atoms with Crippen molar-refractivity contribution in [1.29, 1.82) is 0 Å². The molecule has 0 amide bonds. The SMILES string of the molecule is CCC(C)C([SiH3])(C(C)Cl)N(CC)CC. The van der Waals surface area contributed by atoms with E-state index in [0.717, 1.165) is 23.3 Å². The first-order valence-corrected chi connectivity index (χ1v) is 7.27. The maximum atomic E-state index is 6.40. The van der Waals surface area contributed by atoms with Gasteiger partial charge < -0.3 is 4.90 Å². The molecule has 0 radical (unpaired) electrons. The largest absolute Gasteiger partial charge is 0.300 e. The van der Waals surface area contributed by atoms with Gasteiger partial charge in [0.15, 0.2) is 0 Å². The van der Waals surface area contributed by atoms with Crippen LogP contribution >= 0.6 is 11.6 Å². The van der Waals surface area contributed by atoms with E-state index in [1.54, 1.807) is 0 Å². The first-order chi connectivity index (χ1) is 6.44. The van der Waals surface area contributed by atoms with Crippen LogP contribution in [-0.4, -0.2) is 38.8 Å². The monoisotopic (exact) mass is 235 g/mol. The van der Waals surface area contributed by atoms with Gasteiger partial charge in [-0.25, -0.2) is 0 Å². The van der Waals surface area contributed by atoms with E-state index in [-0.39, 0.29) is 10.5 Å². The van der Waals surface area contributed by atoms with E-state index >= 15 is 0 Å². The summed E-state index contributed by atoms with van der Waals surface area (Å²) in [5, 5.41) is 0.517. The zero-order chi connectivity index (χ0) is 11.4. The molecular formula is C11H26ClNSi. The van der Waals surface area contributed by atoms with Gasteiger partial charge in [-0.2, -0.15) is 0 Å². The van der Waals surface area contributed by atoms with Crippen LogP contribution in [0.3, 0.4) is 0 Å². The van der Waals surface area contributed by atoms with E-state index in [2.05, 4.69) is 39.5 Å². The van der Waals surface area contributed by atoms with Gasteiger partial charge in [-0.15, -0.1) is 11.6 Å². The highest BCUT2D eigenvalue weighted by atomic mass is 35.5. The third-order valence-corrected chi connectivity index (χ3v) is 7.15. The lowest BCUT2D eigenvalue weighted by Crippen LogP contribution is -2.58. The Morgan fingerprint density at radius 2 is 1.64 bits per heavy atom. The molecule has 3 unspecified atom stereocenters. The fraction of sp³-hybridized carbons (Fsp3) is 1.00. The Morgan fingerprint density at radius 3 is 1.86 bits per heavy atom. The first-order valence-electron chi connectivity index (χ1n) is 5.84. The summed E-state index contributed by atoms with van der Waals surface area (Å²) in [6.07, 6.45) is 1.22. The fourth-order valence-corrected chi connectivity index (χ4v) is 3.67. The number of nitrogens with zero attached hydrogens (tertiary/aromatic N) is 1. The highest BCUT2D eigenvalue weighted by molar-refractivity contribution is 6.28. The third-order valence-electron chi connectivity index (χ3n) is 3.86. The predicted molar refractivity (Wildman–Crippen MR) is 70.4 cm³/mol. The summed E-state index contributed by atoms with van der Waals surface area (Å²) < 4.78 is 0. The number of hydrogen-bond acceptors (Lipinski definition) is 1. The Kier molecular flexibility index (Phi) is 6.34. The van der Waals surface area contributed by atoms with Gasteiger partial charge in [0.2, 0.25) is 0 Å². The smallest absolute Gasteiger partial charge is 0.0456 e. The zero-order valence-electron chi connectivity index (χ0n) is 10.6. The van der Waals surface area contributed by atoms with Crippen LogP contribution in [-0.2, 0) is 0 Å². The number of alkyl halides is 1. The van der Waals surface area contributed by atoms with Crippen LogP contribution in [0.25, 0.3) is 0 Å². The molecule has 0 aliphatic rings. The molecule has 0 bridgehead atoms. The van der Waals surface area contributed by atoms with Crippen molar-refractivity contribution >= 4 is 21.8 Å². The molecule has 14 heavy (non-hydrogen) atoms. The van der Waals surface area contributed by atoms with Gasteiger partial charge >= 0.3 is 0 Å². The summed E-state index contributed by atoms with van der Waals surface area (Å²) in [5.74, 6) is 0.696. The Balaban J connectivity index is 4.86. The number of hydrogen-bond donors (Lipinski definition) is 0. The molecular weight excluding hydrogens is 210 g/mol. The van der Waals surface area contributed by atoms with Crippen molar-refractivity contribution < 1.29 is 0 Å². The molecule has 0 rings (SSSR count). The topological polar surface area (TPSA) is 3.24 Å². The second kappa shape index (κ2) is 6.14. The minimum absolute atomic E-state index is 0.254. The molecule has 3 heteroatoms. The molecule has 0 aliphatic heterocycles. The number of rotatable bonds is 6. The molecule has 1 nitrogen and oxygen atoms in total. The number of halogens is 1. The first kappa shape index (κ1) is 14.5. The molecule has 0 saturated heterocycles.